The number of hydrogen-bond donors (Lipinski definition) is 0. The first kappa shape index (κ1) is 18.2. The highest BCUT2D eigenvalue weighted by Gasteiger charge is 2.22. The molecule has 0 aliphatic rings. The van der Waals surface area contributed by atoms with E-state index in [-0.39, 0.29) is 24.8 Å². The number of Topliss-reactive ketones (excluding diaryl/α,β-unsaturated/α-hetero) is 1. The number of para-hydroxylation sites is 1. The molecule has 3 rings (SSSR count). The fraction of sp³-hybridized carbons (Fsp3) is 0.200. The van der Waals surface area contributed by atoms with E-state index in [1.165, 1.54) is 0 Å². The number of carbonyl (C=O) groups excluding carboxylic acids is 2. The number of esters is 1. The van der Waals surface area contributed by atoms with Crippen LogP contribution in [0.5, 0.6) is 0 Å². The number of carbonyl (C=O) groups is 2. The SMILES string of the molecule is COCc1c(C(=O)OCC(=O)c2ccc(SC)cc2)oc2ccccc12. The van der Waals surface area contributed by atoms with Crippen molar-refractivity contribution in [3.05, 3.63) is 65.4 Å². The average molecular weight is 370 g/mol. The van der Waals surface area contributed by atoms with E-state index < -0.39 is 5.97 Å². The summed E-state index contributed by atoms with van der Waals surface area (Å²) in [5, 5.41) is 0.792. The second-order valence-corrected chi connectivity index (χ2v) is 6.45. The van der Waals surface area contributed by atoms with E-state index in [1.54, 1.807) is 37.1 Å². The summed E-state index contributed by atoms with van der Waals surface area (Å²) < 4.78 is 16.0. The molecule has 0 saturated heterocycles. The molecule has 0 saturated carbocycles. The normalized spacial score (nSPS) is 10.8. The van der Waals surface area contributed by atoms with Crippen molar-refractivity contribution in [2.75, 3.05) is 20.0 Å². The molecular weight excluding hydrogens is 352 g/mol. The highest BCUT2D eigenvalue weighted by Crippen LogP contribution is 2.27. The van der Waals surface area contributed by atoms with Gasteiger partial charge in [0.15, 0.2) is 12.4 Å². The van der Waals surface area contributed by atoms with Crippen LogP contribution in [0.25, 0.3) is 11.0 Å². The van der Waals surface area contributed by atoms with Gasteiger partial charge in [-0.2, -0.15) is 0 Å². The number of hydrogen-bond acceptors (Lipinski definition) is 6. The largest absolute Gasteiger partial charge is 0.451 e. The van der Waals surface area contributed by atoms with Crippen LogP contribution in [0, 0.1) is 0 Å². The molecule has 5 nitrogen and oxygen atoms in total. The second-order valence-electron chi connectivity index (χ2n) is 5.57. The van der Waals surface area contributed by atoms with E-state index >= 15 is 0 Å². The Kier molecular flexibility index (Phi) is 5.75. The maximum Gasteiger partial charge on any atom is 0.375 e. The van der Waals surface area contributed by atoms with Crippen LogP contribution in [0.4, 0.5) is 0 Å². The highest BCUT2D eigenvalue weighted by molar-refractivity contribution is 7.98. The van der Waals surface area contributed by atoms with E-state index in [0.29, 0.717) is 16.7 Å². The Balaban J connectivity index is 1.74. The molecule has 3 aromatic rings. The fourth-order valence-corrected chi connectivity index (χ4v) is 3.02. The van der Waals surface area contributed by atoms with Crippen molar-refractivity contribution in [2.24, 2.45) is 0 Å². The van der Waals surface area contributed by atoms with E-state index in [9.17, 15) is 9.59 Å². The standard InChI is InChI=1S/C20H18O5S/c1-23-11-16-15-5-3-4-6-18(15)25-19(16)20(22)24-12-17(21)13-7-9-14(26-2)10-8-13/h3-10H,11-12H2,1-2H3. The predicted molar refractivity (Wildman–Crippen MR) is 99.8 cm³/mol. The first-order chi connectivity index (χ1) is 12.6. The van der Waals surface area contributed by atoms with Gasteiger partial charge in [0, 0.05) is 28.5 Å². The van der Waals surface area contributed by atoms with Gasteiger partial charge in [0.25, 0.3) is 0 Å². The maximum atomic E-state index is 12.4. The molecule has 0 radical (unpaired) electrons. The van der Waals surface area contributed by atoms with Gasteiger partial charge >= 0.3 is 5.97 Å². The summed E-state index contributed by atoms with van der Waals surface area (Å²) in [6.45, 7) is -0.132. The molecule has 134 valence electrons. The third-order valence-electron chi connectivity index (χ3n) is 3.92. The number of rotatable bonds is 7. The summed E-state index contributed by atoms with van der Waals surface area (Å²) in [6, 6.07) is 14.4. The lowest BCUT2D eigenvalue weighted by Crippen LogP contribution is -2.15. The number of ether oxygens (including phenoxy) is 2. The van der Waals surface area contributed by atoms with Crippen LogP contribution in [0.15, 0.2) is 57.8 Å². The zero-order valence-electron chi connectivity index (χ0n) is 14.5. The lowest BCUT2D eigenvalue weighted by atomic mass is 10.1. The Morgan fingerprint density at radius 1 is 1.08 bits per heavy atom. The lowest BCUT2D eigenvalue weighted by Gasteiger charge is -2.05. The molecule has 0 unspecified atom stereocenters. The van der Waals surface area contributed by atoms with E-state index in [1.807, 2.05) is 36.6 Å². The second kappa shape index (κ2) is 8.21. The Labute approximate surface area is 155 Å². The predicted octanol–water partition coefficient (Wildman–Crippen LogP) is 4.34. The Morgan fingerprint density at radius 3 is 2.50 bits per heavy atom. The van der Waals surface area contributed by atoms with Crippen LogP contribution in [0.2, 0.25) is 0 Å². The third-order valence-corrected chi connectivity index (χ3v) is 4.66. The number of ketones is 1. The quantitative estimate of drug-likeness (QED) is 0.350. The van der Waals surface area contributed by atoms with Crippen LogP contribution in [-0.4, -0.2) is 31.7 Å². The number of methoxy groups -OCH3 is 1. The third kappa shape index (κ3) is 3.81. The molecule has 26 heavy (non-hydrogen) atoms. The van der Waals surface area contributed by atoms with Crippen LogP contribution in [-0.2, 0) is 16.1 Å². The van der Waals surface area contributed by atoms with Crippen LogP contribution in [0.1, 0.15) is 26.5 Å². The minimum Gasteiger partial charge on any atom is -0.451 e. The topological polar surface area (TPSA) is 65.7 Å². The van der Waals surface area contributed by atoms with Crippen LogP contribution in [0.3, 0.4) is 0 Å². The van der Waals surface area contributed by atoms with Gasteiger partial charge in [0.1, 0.15) is 5.58 Å². The summed E-state index contributed by atoms with van der Waals surface area (Å²) in [5.74, 6) is -0.878. The lowest BCUT2D eigenvalue weighted by molar-refractivity contribution is 0.0441. The van der Waals surface area contributed by atoms with Gasteiger partial charge < -0.3 is 13.9 Å². The Hall–Kier alpha value is -2.57. The molecule has 1 aromatic heterocycles. The number of fused-ring (bicyclic) bond motifs is 1. The van der Waals surface area contributed by atoms with Gasteiger partial charge in [-0.1, -0.05) is 30.3 Å². The average Bonchev–Trinajstić information content (AvgIpc) is 3.05. The molecule has 0 bridgehead atoms. The minimum absolute atomic E-state index is 0.0681. The Bertz CT molecular complexity index is 927. The number of benzene rings is 2. The van der Waals surface area contributed by atoms with Crippen molar-refractivity contribution in [3.63, 3.8) is 0 Å². The van der Waals surface area contributed by atoms with Crippen molar-refractivity contribution >= 4 is 34.5 Å². The zero-order valence-corrected chi connectivity index (χ0v) is 15.3. The molecule has 2 aromatic carbocycles. The summed E-state index contributed by atoms with van der Waals surface area (Å²) in [6.07, 6.45) is 1.96. The summed E-state index contributed by atoms with van der Waals surface area (Å²) >= 11 is 1.59. The number of thioether (sulfide) groups is 1. The van der Waals surface area contributed by atoms with E-state index in [4.69, 9.17) is 13.9 Å². The van der Waals surface area contributed by atoms with Gasteiger partial charge in [0.05, 0.1) is 6.61 Å². The molecule has 1 heterocycles. The zero-order chi connectivity index (χ0) is 18.5. The van der Waals surface area contributed by atoms with E-state index in [2.05, 4.69) is 0 Å². The van der Waals surface area contributed by atoms with Crippen molar-refractivity contribution in [3.8, 4) is 0 Å². The minimum atomic E-state index is -0.678. The van der Waals surface area contributed by atoms with Crippen molar-refractivity contribution < 1.29 is 23.5 Å². The first-order valence-electron chi connectivity index (χ1n) is 7.97. The molecule has 0 amide bonds. The fourth-order valence-electron chi connectivity index (χ4n) is 2.61. The van der Waals surface area contributed by atoms with Gasteiger partial charge in [-0.3, -0.25) is 4.79 Å². The molecule has 0 spiro atoms. The van der Waals surface area contributed by atoms with Gasteiger partial charge in [-0.05, 0) is 24.5 Å². The Morgan fingerprint density at radius 2 is 1.81 bits per heavy atom. The molecule has 0 atom stereocenters. The summed E-state index contributed by atoms with van der Waals surface area (Å²) in [4.78, 5) is 25.7. The molecule has 0 N–H and O–H groups in total. The molecule has 0 fully saturated rings. The van der Waals surface area contributed by atoms with Crippen molar-refractivity contribution in [1.82, 2.24) is 0 Å². The molecule has 6 heteroatoms. The maximum absolute atomic E-state index is 12.4. The van der Waals surface area contributed by atoms with Crippen molar-refractivity contribution in [1.29, 1.82) is 0 Å². The molecular formula is C20H18O5S. The first-order valence-corrected chi connectivity index (χ1v) is 9.20. The van der Waals surface area contributed by atoms with Crippen LogP contribution >= 0.6 is 11.8 Å². The smallest absolute Gasteiger partial charge is 0.375 e. The summed E-state index contributed by atoms with van der Waals surface area (Å²) in [5.41, 5.74) is 1.69. The van der Waals surface area contributed by atoms with Crippen LogP contribution < -0.4 is 0 Å². The summed E-state index contributed by atoms with van der Waals surface area (Å²) in [7, 11) is 1.54. The molecule has 0 aliphatic carbocycles. The van der Waals surface area contributed by atoms with Crippen molar-refractivity contribution in [2.45, 2.75) is 11.5 Å². The number of furan rings is 1. The van der Waals surface area contributed by atoms with Gasteiger partial charge in [-0.25, -0.2) is 4.79 Å². The monoisotopic (exact) mass is 370 g/mol. The van der Waals surface area contributed by atoms with Gasteiger partial charge in [0.2, 0.25) is 5.76 Å². The molecule has 0 aliphatic heterocycles. The van der Waals surface area contributed by atoms with Gasteiger partial charge in [-0.15, -0.1) is 11.8 Å². The highest BCUT2D eigenvalue weighted by atomic mass is 32.2. The van der Waals surface area contributed by atoms with E-state index in [0.717, 1.165) is 10.3 Å².